The lowest BCUT2D eigenvalue weighted by Gasteiger charge is -2.19. The summed E-state index contributed by atoms with van der Waals surface area (Å²) in [4.78, 5) is 23.4. The van der Waals surface area contributed by atoms with Crippen LogP contribution in [0, 0.1) is 11.8 Å². The SMILES string of the molecule is CN1C[C@H]2CC(c3ccccc3C(F)(F)F)C[C@H]2C1.O=Cc1nnc2ccc(C(=O)O)cn12. The van der Waals surface area contributed by atoms with Crippen molar-refractivity contribution >= 4 is 17.9 Å². The third-order valence-corrected chi connectivity index (χ3v) is 6.42. The van der Waals surface area contributed by atoms with Crippen molar-refractivity contribution in [3.8, 4) is 0 Å². The fourth-order valence-corrected chi connectivity index (χ4v) is 5.01. The molecule has 33 heavy (non-hydrogen) atoms. The third-order valence-electron chi connectivity index (χ3n) is 6.42. The van der Waals surface area contributed by atoms with Crippen LogP contribution < -0.4 is 0 Å². The van der Waals surface area contributed by atoms with Gasteiger partial charge in [-0.15, -0.1) is 10.2 Å². The van der Waals surface area contributed by atoms with Crippen molar-refractivity contribution < 1.29 is 27.9 Å². The average molecular weight is 460 g/mol. The number of aromatic carboxylic acids is 1. The molecule has 3 aromatic rings. The lowest BCUT2D eigenvalue weighted by molar-refractivity contribution is -0.138. The Morgan fingerprint density at radius 3 is 2.36 bits per heavy atom. The van der Waals surface area contributed by atoms with Crippen LogP contribution in [-0.4, -0.2) is 57.0 Å². The Hall–Kier alpha value is -3.27. The number of hydrogen-bond acceptors (Lipinski definition) is 5. The molecule has 0 radical (unpaired) electrons. The van der Waals surface area contributed by atoms with Gasteiger partial charge in [-0.25, -0.2) is 4.79 Å². The number of carbonyl (C=O) groups is 2. The summed E-state index contributed by atoms with van der Waals surface area (Å²) in [6.45, 7) is 2.07. The zero-order chi connectivity index (χ0) is 23.8. The summed E-state index contributed by atoms with van der Waals surface area (Å²) in [5.74, 6) is 0.273. The fourth-order valence-electron chi connectivity index (χ4n) is 5.01. The molecule has 1 unspecified atom stereocenters. The van der Waals surface area contributed by atoms with Crippen LogP contribution in [0.15, 0.2) is 42.6 Å². The summed E-state index contributed by atoms with van der Waals surface area (Å²) in [5.41, 5.74) is 0.595. The second kappa shape index (κ2) is 8.93. The zero-order valence-corrected chi connectivity index (χ0v) is 17.9. The number of benzene rings is 1. The van der Waals surface area contributed by atoms with Gasteiger partial charge in [-0.3, -0.25) is 9.20 Å². The van der Waals surface area contributed by atoms with Gasteiger partial charge in [0, 0.05) is 19.3 Å². The van der Waals surface area contributed by atoms with Crippen molar-refractivity contribution in [3.05, 3.63) is 65.1 Å². The Bertz CT molecular complexity index is 1160. The number of carboxylic acids is 1. The van der Waals surface area contributed by atoms with E-state index in [1.807, 2.05) is 0 Å². The van der Waals surface area contributed by atoms with E-state index in [9.17, 15) is 22.8 Å². The second-order valence-electron chi connectivity index (χ2n) is 8.62. The van der Waals surface area contributed by atoms with E-state index in [0.717, 1.165) is 25.9 Å². The monoisotopic (exact) mass is 460 g/mol. The van der Waals surface area contributed by atoms with Crippen LogP contribution in [0.2, 0.25) is 0 Å². The van der Waals surface area contributed by atoms with Gasteiger partial charge in [0.1, 0.15) is 0 Å². The number of carboxylic acid groups (broad SMARTS) is 1. The first kappa shape index (κ1) is 22.9. The van der Waals surface area contributed by atoms with Crippen LogP contribution in [0.25, 0.3) is 5.65 Å². The zero-order valence-electron chi connectivity index (χ0n) is 17.9. The lowest BCUT2D eigenvalue weighted by Crippen LogP contribution is -2.17. The molecule has 1 saturated carbocycles. The molecular weight excluding hydrogens is 437 g/mol. The maximum atomic E-state index is 13.0. The number of aromatic nitrogens is 3. The van der Waals surface area contributed by atoms with E-state index in [4.69, 9.17) is 5.11 Å². The van der Waals surface area contributed by atoms with Crippen molar-refractivity contribution in [1.82, 2.24) is 19.5 Å². The predicted molar refractivity (Wildman–Crippen MR) is 113 cm³/mol. The number of rotatable bonds is 3. The van der Waals surface area contributed by atoms with Gasteiger partial charge in [0.05, 0.1) is 11.1 Å². The standard InChI is InChI=1S/C15H18F3N.C8H5N3O3/c1-19-8-11-6-10(7-12(11)9-19)13-4-2-3-5-14(13)15(16,17)18;12-4-7-10-9-6-2-1-5(8(13)14)3-11(6)7/h2-5,10-12H,6-9H2,1H3;1-4H,(H,13,14)/t10?,11-,12+;. The number of likely N-dealkylation sites (tertiary alicyclic amines) is 1. The molecule has 174 valence electrons. The summed E-state index contributed by atoms with van der Waals surface area (Å²) < 4.78 is 40.5. The highest BCUT2D eigenvalue weighted by molar-refractivity contribution is 5.87. The predicted octanol–water partition coefficient (Wildman–Crippen LogP) is 4.00. The van der Waals surface area contributed by atoms with Gasteiger partial charge < -0.3 is 10.0 Å². The van der Waals surface area contributed by atoms with Crippen molar-refractivity contribution in [2.75, 3.05) is 20.1 Å². The summed E-state index contributed by atoms with van der Waals surface area (Å²) >= 11 is 0. The molecule has 10 heteroatoms. The lowest BCUT2D eigenvalue weighted by atomic mass is 9.91. The van der Waals surface area contributed by atoms with E-state index in [1.165, 1.54) is 34.9 Å². The number of alkyl halides is 3. The second-order valence-corrected chi connectivity index (χ2v) is 8.62. The number of nitrogens with zero attached hydrogens (tertiary/aromatic N) is 4. The van der Waals surface area contributed by atoms with Gasteiger partial charge in [0.15, 0.2) is 11.9 Å². The summed E-state index contributed by atoms with van der Waals surface area (Å²) in [5, 5.41) is 15.9. The Balaban J connectivity index is 0.000000165. The third kappa shape index (κ3) is 4.75. The molecule has 0 amide bonds. The molecule has 2 fully saturated rings. The fraction of sp³-hybridized carbons (Fsp3) is 0.391. The van der Waals surface area contributed by atoms with Gasteiger partial charge in [-0.2, -0.15) is 13.2 Å². The van der Waals surface area contributed by atoms with Gasteiger partial charge >= 0.3 is 12.1 Å². The minimum Gasteiger partial charge on any atom is -0.478 e. The minimum atomic E-state index is -4.23. The molecule has 3 atom stereocenters. The molecule has 7 nitrogen and oxygen atoms in total. The largest absolute Gasteiger partial charge is 0.478 e. The molecule has 3 heterocycles. The van der Waals surface area contributed by atoms with E-state index in [0.29, 0.717) is 29.3 Å². The number of halogens is 3. The molecular formula is C23H23F3N4O3. The van der Waals surface area contributed by atoms with E-state index < -0.39 is 17.7 Å². The van der Waals surface area contributed by atoms with E-state index in [-0.39, 0.29) is 17.3 Å². The Labute approximate surface area is 187 Å². The van der Waals surface area contributed by atoms with Crippen molar-refractivity contribution in [3.63, 3.8) is 0 Å². The highest BCUT2D eigenvalue weighted by Gasteiger charge is 2.43. The molecule has 1 aliphatic carbocycles. The molecule has 1 saturated heterocycles. The molecule has 0 spiro atoms. The summed E-state index contributed by atoms with van der Waals surface area (Å²) in [6, 6.07) is 8.98. The smallest absolute Gasteiger partial charge is 0.416 e. The average Bonchev–Trinajstić information content (AvgIpc) is 3.45. The molecule has 2 aliphatic rings. The molecule has 1 aliphatic heterocycles. The van der Waals surface area contributed by atoms with Crippen LogP contribution in [-0.2, 0) is 6.18 Å². The normalized spacial score (nSPS) is 22.6. The number of carbonyl (C=O) groups excluding carboxylic acids is 1. The molecule has 5 rings (SSSR count). The van der Waals surface area contributed by atoms with Crippen molar-refractivity contribution in [1.29, 1.82) is 0 Å². The van der Waals surface area contributed by atoms with Gasteiger partial charge in [-0.05, 0) is 61.4 Å². The number of aldehydes is 1. The van der Waals surface area contributed by atoms with Gasteiger partial charge in [0.25, 0.3) is 0 Å². The van der Waals surface area contributed by atoms with E-state index in [1.54, 1.807) is 12.1 Å². The highest BCUT2D eigenvalue weighted by atomic mass is 19.4. The number of fused-ring (bicyclic) bond motifs is 2. The maximum absolute atomic E-state index is 13.0. The molecule has 2 aromatic heterocycles. The Morgan fingerprint density at radius 2 is 1.76 bits per heavy atom. The van der Waals surface area contributed by atoms with Crippen LogP contribution in [0.5, 0.6) is 0 Å². The summed E-state index contributed by atoms with van der Waals surface area (Å²) in [7, 11) is 2.09. The van der Waals surface area contributed by atoms with Crippen LogP contribution in [0.1, 0.15) is 50.9 Å². The first-order valence-corrected chi connectivity index (χ1v) is 10.5. The first-order valence-electron chi connectivity index (χ1n) is 10.5. The Morgan fingerprint density at radius 1 is 1.09 bits per heavy atom. The first-order chi connectivity index (χ1) is 15.7. The topological polar surface area (TPSA) is 87.8 Å². The quantitative estimate of drug-likeness (QED) is 0.595. The Kier molecular flexibility index (Phi) is 6.20. The maximum Gasteiger partial charge on any atom is 0.416 e. The number of hydrogen-bond donors (Lipinski definition) is 1. The van der Waals surface area contributed by atoms with Crippen LogP contribution in [0.3, 0.4) is 0 Å². The molecule has 0 bridgehead atoms. The minimum absolute atomic E-state index is 0.0837. The summed E-state index contributed by atoms with van der Waals surface area (Å²) in [6.07, 6.45) is -0.595. The number of pyridine rings is 1. The van der Waals surface area contributed by atoms with Crippen LogP contribution >= 0.6 is 0 Å². The van der Waals surface area contributed by atoms with E-state index >= 15 is 0 Å². The van der Waals surface area contributed by atoms with Crippen molar-refractivity contribution in [2.24, 2.45) is 11.8 Å². The molecule has 1 N–H and O–H groups in total. The van der Waals surface area contributed by atoms with Gasteiger partial charge in [-0.1, -0.05) is 18.2 Å². The van der Waals surface area contributed by atoms with E-state index in [2.05, 4.69) is 22.1 Å². The molecule has 1 aromatic carbocycles. The van der Waals surface area contributed by atoms with Gasteiger partial charge in [0.2, 0.25) is 5.82 Å². The highest BCUT2D eigenvalue weighted by Crippen LogP contribution is 2.48. The van der Waals surface area contributed by atoms with Crippen molar-refractivity contribution in [2.45, 2.75) is 24.9 Å². The van der Waals surface area contributed by atoms with Crippen LogP contribution in [0.4, 0.5) is 13.2 Å².